The fourth-order valence-electron chi connectivity index (χ4n) is 6.06. The van der Waals surface area contributed by atoms with Crippen LogP contribution in [0.25, 0.3) is 11.8 Å². The lowest BCUT2D eigenvalue weighted by atomic mass is 9.69. The predicted molar refractivity (Wildman–Crippen MR) is 141 cm³/mol. The lowest BCUT2D eigenvalue weighted by molar-refractivity contribution is 0.0733. The van der Waals surface area contributed by atoms with E-state index in [1.165, 1.54) is 17.7 Å². The summed E-state index contributed by atoms with van der Waals surface area (Å²) < 4.78 is 50.3. The molecule has 2 aromatic carbocycles. The normalized spacial score (nSPS) is 22.0. The van der Waals surface area contributed by atoms with Crippen molar-refractivity contribution in [2.45, 2.75) is 30.6 Å². The molecule has 0 amide bonds. The minimum atomic E-state index is -3.67. The Kier molecular flexibility index (Phi) is 6.17. The van der Waals surface area contributed by atoms with E-state index in [0.717, 1.165) is 48.6 Å². The van der Waals surface area contributed by atoms with Gasteiger partial charge in [-0.05, 0) is 79.8 Å². The van der Waals surface area contributed by atoms with Crippen LogP contribution in [0.2, 0.25) is 0 Å². The standard InChI is InChI=1S/C28H31FN4O3S/c1-36-20-28-17-21-18-30-33(24-9-7-23(29)8-10-24)27(21)15-22(28)11-14-32(19-28)37(34,35)26-6-4-5-25(16-26)31-12-2-3-13-31/h4-10,15-16,18H,2-3,11-14,17,19-20H2,1H3/t28-/m1/s1. The molecule has 3 aliphatic rings. The topological polar surface area (TPSA) is 67.7 Å². The van der Waals surface area contributed by atoms with Crippen LogP contribution in [0.3, 0.4) is 0 Å². The second kappa shape index (κ2) is 9.38. The van der Waals surface area contributed by atoms with Crippen LogP contribution < -0.4 is 4.90 Å². The van der Waals surface area contributed by atoms with E-state index < -0.39 is 15.4 Å². The molecule has 9 heteroatoms. The lowest BCUT2D eigenvalue weighted by Crippen LogP contribution is -2.51. The molecule has 3 heterocycles. The van der Waals surface area contributed by atoms with Gasteiger partial charge in [-0.1, -0.05) is 11.6 Å². The van der Waals surface area contributed by atoms with Gasteiger partial charge in [-0.2, -0.15) is 9.40 Å². The first-order chi connectivity index (χ1) is 17.9. The summed E-state index contributed by atoms with van der Waals surface area (Å²) in [5.41, 5.74) is 4.46. The molecule has 6 rings (SSSR count). The minimum Gasteiger partial charge on any atom is -0.384 e. The summed E-state index contributed by atoms with van der Waals surface area (Å²) >= 11 is 0. The van der Waals surface area contributed by atoms with Crippen LogP contribution in [-0.4, -0.2) is 62.4 Å². The van der Waals surface area contributed by atoms with Crippen LogP contribution in [0.5, 0.6) is 0 Å². The third-order valence-corrected chi connectivity index (χ3v) is 9.78. The molecule has 0 spiro atoms. The highest BCUT2D eigenvalue weighted by molar-refractivity contribution is 7.89. The molecule has 0 saturated carbocycles. The summed E-state index contributed by atoms with van der Waals surface area (Å²) in [6, 6.07) is 13.6. The van der Waals surface area contributed by atoms with E-state index in [4.69, 9.17) is 4.74 Å². The van der Waals surface area contributed by atoms with Gasteiger partial charge >= 0.3 is 0 Å². The summed E-state index contributed by atoms with van der Waals surface area (Å²) in [4.78, 5) is 2.60. The Balaban J connectivity index is 1.31. The van der Waals surface area contributed by atoms with E-state index in [-0.39, 0.29) is 5.82 Å². The smallest absolute Gasteiger partial charge is 0.243 e. The zero-order chi connectivity index (χ0) is 25.6. The van der Waals surface area contributed by atoms with Crippen molar-refractivity contribution in [2.24, 2.45) is 5.41 Å². The first-order valence-corrected chi connectivity index (χ1v) is 14.2. The van der Waals surface area contributed by atoms with Gasteiger partial charge in [-0.15, -0.1) is 0 Å². The number of aromatic nitrogens is 2. The highest BCUT2D eigenvalue weighted by Gasteiger charge is 2.46. The van der Waals surface area contributed by atoms with Gasteiger partial charge in [0.1, 0.15) is 5.82 Å². The molecule has 2 saturated heterocycles. The van der Waals surface area contributed by atoms with Gasteiger partial charge in [-0.3, -0.25) is 0 Å². The summed E-state index contributed by atoms with van der Waals surface area (Å²) in [6.07, 6.45) is 7.48. The van der Waals surface area contributed by atoms with Crippen molar-refractivity contribution in [3.8, 4) is 5.69 Å². The lowest BCUT2D eigenvalue weighted by Gasteiger charge is -2.45. The second-order valence-electron chi connectivity index (χ2n) is 10.3. The van der Waals surface area contributed by atoms with Crippen molar-refractivity contribution in [1.29, 1.82) is 0 Å². The number of hydrogen-bond donors (Lipinski definition) is 0. The van der Waals surface area contributed by atoms with Gasteiger partial charge < -0.3 is 9.64 Å². The molecule has 0 unspecified atom stereocenters. The monoisotopic (exact) mass is 522 g/mol. The largest absolute Gasteiger partial charge is 0.384 e. The highest BCUT2D eigenvalue weighted by Crippen LogP contribution is 2.45. The average Bonchev–Trinajstić information content (AvgIpc) is 3.58. The number of anilines is 1. The SMILES string of the molecule is COC[C@]12Cc3cnn(-c4ccc(F)cc4)c3C=C1CCN(S(=O)(=O)c1cccc(N3CCCC3)c1)C2. The maximum Gasteiger partial charge on any atom is 0.243 e. The van der Waals surface area contributed by atoms with Crippen LogP contribution in [0.4, 0.5) is 10.1 Å². The number of fused-ring (bicyclic) bond motifs is 2. The van der Waals surface area contributed by atoms with Crippen molar-refractivity contribution >= 4 is 21.8 Å². The van der Waals surface area contributed by atoms with E-state index in [0.29, 0.717) is 37.4 Å². The first-order valence-electron chi connectivity index (χ1n) is 12.8. The van der Waals surface area contributed by atoms with E-state index in [9.17, 15) is 12.8 Å². The fourth-order valence-corrected chi connectivity index (χ4v) is 7.63. The Hall–Kier alpha value is -3.01. The minimum absolute atomic E-state index is 0.290. The van der Waals surface area contributed by atoms with E-state index in [2.05, 4.69) is 16.1 Å². The molecule has 1 aromatic heterocycles. The molecule has 1 atom stereocenters. The molecular formula is C28H31FN4O3S. The van der Waals surface area contributed by atoms with E-state index in [1.807, 2.05) is 29.1 Å². The molecule has 37 heavy (non-hydrogen) atoms. The highest BCUT2D eigenvalue weighted by atomic mass is 32.2. The van der Waals surface area contributed by atoms with Crippen molar-refractivity contribution < 1.29 is 17.5 Å². The van der Waals surface area contributed by atoms with Crippen LogP contribution in [0, 0.1) is 11.2 Å². The zero-order valence-corrected chi connectivity index (χ0v) is 21.8. The van der Waals surface area contributed by atoms with Crippen molar-refractivity contribution in [3.05, 3.63) is 77.4 Å². The Morgan fingerprint density at radius 1 is 1.05 bits per heavy atom. The summed E-state index contributed by atoms with van der Waals surface area (Å²) in [5, 5.41) is 4.58. The Bertz CT molecular complexity index is 1440. The van der Waals surface area contributed by atoms with Gasteiger partial charge in [0.15, 0.2) is 0 Å². The molecular weight excluding hydrogens is 491 g/mol. The Labute approximate surface area is 217 Å². The van der Waals surface area contributed by atoms with Crippen molar-refractivity contribution in [3.63, 3.8) is 0 Å². The zero-order valence-electron chi connectivity index (χ0n) is 20.9. The number of halogens is 1. The summed E-state index contributed by atoms with van der Waals surface area (Å²) in [5.74, 6) is -0.290. The number of hydrogen-bond acceptors (Lipinski definition) is 5. The van der Waals surface area contributed by atoms with Crippen LogP contribution >= 0.6 is 0 Å². The van der Waals surface area contributed by atoms with Gasteiger partial charge in [0.05, 0.1) is 29.1 Å². The molecule has 2 fully saturated rings. The maximum atomic E-state index is 13.8. The van der Waals surface area contributed by atoms with Gasteiger partial charge in [0.2, 0.25) is 10.0 Å². The number of piperidine rings is 1. The molecule has 0 radical (unpaired) electrons. The predicted octanol–water partition coefficient (Wildman–Crippen LogP) is 4.28. The maximum absolute atomic E-state index is 13.8. The van der Waals surface area contributed by atoms with Gasteiger partial charge in [-0.25, -0.2) is 17.5 Å². The van der Waals surface area contributed by atoms with Gasteiger partial charge in [0.25, 0.3) is 0 Å². The fraction of sp³-hybridized carbons (Fsp3) is 0.393. The Morgan fingerprint density at radius 2 is 1.84 bits per heavy atom. The summed E-state index contributed by atoms with van der Waals surface area (Å²) in [6.45, 7) is 3.11. The average molecular weight is 523 g/mol. The third kappa shape index (κ3) is 4.28. The van der Waals surface area contributed by atoms with Gasteiger partial charge in [0, 0.05) is 44.4 Å². The molecule has 0 N–H and O–H groups in total. The quantitative estimate of drug-likeness (QED) is 0.484. The van der Waals surface area contributed by atoms with Crippen LogP contribution in [0.15, 0.2) is 65.2 Å². The number of nitrogens with zero attached hydrogens (tertiary/aromatic N) is 4. The first kappa shape index (κ1) is 24.3. The van der Waals surface area contributed by atoms with Crippen LogP contribution in [-0.2, 0) is 21.2 Å². The number of rotatable bonds is 6. The van der Waals surface area contributed by atoms with Crippen molar-refractivity contribution in [1.82, 2.24) is 14.1 Å². The van der Waals surface area contributed by atoms with E-state index >= 15 is 0 Å². The second-order valence-corrected chi connectivity index (χ2v) is 12.2. The molecule has 3 aromatic rings. The molecule has 2 aliphatic heterocycles. The Morgan fingerprint density at radius 3 is 2.59 bits per heavy atom. The van der Waals surface area contributed by atoms with Crippen molar-refractivity contribution in [2.75, 3.05) is 44.8 Å². The molecule has 1 aliphatic carbocycles. The number of ether oxygens (including phenoxy) is 1. The number of methoxy groups -OCH3 is 1. The third-order valence-electron chi connectivity index (χ3n) is 7.94. The number of sulfonamides is 1. The van der Waals surface area contributed by atoms with E-state index in [1.54, 1.807) is 29.6 Å². The number of benzene rings is 2. The van der Waals surface area contributed by atoms with Crippen LogP contribution in [0.1, 0.15) is 30.5 Å². The summed E-state index contributed by atoms with van der Waals surface area (Å²) in [7, 11) is -2.01. The molecule has 194 valence electrons. The molecule has 7 nitrogen and oxygen atoms in total. The molecule has 0 bridgehead atoms.